The zero-order chi connectivity index (χ0) is 21.2. The molecule has 2 aromatic rings. The Kier molecular flexibility index (Phi) is 5.82. The van der Waals surface area contributed by atoms with Crippen LogP contribution in [0.2, 0.25) is 5.02 Å². The number of carbonyl (C=O) groups is 1. The van der Waals surface area contributed by atoms with Crippen molar-refractivity contribution in [1.82, 2.24) is 14.9 Å². The molecule has 0 unspecified atom stereocenters. The van der Waals surface area contributed by atoms with Crippen molar-refractivity contribution >= 4 is 27.2 Å². The fourth-order valence-corrected chi connectivity index (χ4v) is 4.02. The Bertz CT molecular complexity index is 1090. The van der Waals surface area contributed by atoms with Gasteiger partial charge in [0.2, 0.25) is 0 Å². The van der Waals surface area contributed by atoms with E-state index in [9.17, 15) is 22.2 Å². The smallest absolute Gasteiger partial charge is 0.330 e. The first-order valence-electron chi connectivity index (χ1n) is 8.29. The second-order valence-electron chi connectivity index (χ2n) is 6.25. The lowest BCUT2D eigenvalue weighted by atomic mass is 10.1. The highest BCUT2D eigenvalue weighted by atomic mass is 35.5. The van der Waals surface area contributed by atoms with Crippen LogP contribution in [0.25, 0.3) is 11.4 Å². The molecule has 0 spiro atoms. The third-order valence-electron chi connectivity index (χ3n) is 4.16. The van der Waals surface area contributed by atoms with Crippen molar-refractivity contribution in [3.05, 3.63) is 46.7 Å². The normalized spacial score (nSPS) is 16.1. The molecular formula is C18H14ClF3N4O2S. The number of nitrogens with zero attached hydrogens (tertiary/aromatic N) is 3. The summed E-state index contributed by atoms with van der Waals surface area (Å²) in [5, 5.41) is -0.0546. The molecule has 1 amide bonds. The van der Waals surface area contributed by atoms with Crippen LogP contribution >= 0.6 is 11.6 Å². The lowest BCUT2D eigenvalue weighted by Crippen LogP contribution is -2.42. The van der Waals surface area contributed by atoms with Gasteiger partial charge in [-0.1, -0.05) is 17.5 Å². The van der Waals surface area contributed by atoms with E-state index < -0.39 is 27.4 Å². The van der Waals surface area contributed by atoms with E-state index in [2.05, 4.69) is 21.8 Å². The van der Waals surface area contributed by atoms with Crippen molar-refractivity contribution < 1.29 is 22.2 Å². The average molecular weight is 443 g/mol. The number of benzene rings is 1. The second kappa shape index (κ2) is 8.00. The molecule has 3 rings (SSSR count). The van der Waals surface area contributed by atoms with E-state index in [4.69, 9.17) is 16.4 Å². The lowest BCUT2D eigenvalue weighted by Gasteiger charge is -2.25. The summed E-state index contributed by atoms with van der Waals surface area (Å²) in [6, 6.07) is 3.31. The van der Waals surface area contributed by atoms with Crippen LogP contribution in [-0.2, 0) is 20.7 Å². The quantitative estimate of drug-likeness (QED) is 0.688. The molecular weight excluding hydrogens is 429 g/mol. The number of amides is 1. The van der Waals surface area contributed by atoms with Gasteiger partial charge in [0.1, 0.15) is 0 Å². The highest BCUT2D eigenvalue weighted by Gasteiger charge is 2.34. The molecule has 0 aliphatic carbocycles. The van der Waals surface area contributed by atoms with E-state index >= 15 is 0 Å². The number of alkyl halides is 3. The monoisotopic (exact) mass is 442 g/mol. The summed E-state index contributed by atoms with van der Waals surface area (Å²) in [5.41, 5.74) is -0.911. The topological polar surface area (TPSA) is 87.0 Å². The van der Waals surface area contributed by atoms with Crippen LogP contribution < -0.4 is 0 Å². The minimum atomic E-state index is -4.62. The first-order valence-corrected chi connectivity index (χ1v) is 10.6. The van der Waals surface area contributed by atoms with Crippen LogP contribution in [0.5, 0.6) is 0 Å². The molecule has 1 aromatic carbocycles. The van der Waals surface area contributed by atoms with Gasteiger partial charge in [0.15, 0.2) is 5.82 Å². The predicted molar refractivity (Wildman–Crippen MR) is 102 cm³/mol. The van der Waals surface area contributed by atoms with Gasteiger partial charge in [-0.15, -0.1) is 0 Å². The molecule has 29 heavy (non-hydrogen) atoms. The third kappa shape index (κ3) is 5.25. The molecule has 152 valence electrons. The summed E-state index contributed by atoms with van der Waals surface area (Å²) in [7, 11) is -2.61. The summed E-state index contributed by atoms with van der Waals surface area (Å²) >= 11 is 5.66. The van der Waals surface area contributed by atoms with E-state index in [1.54, 1.807) is 0 Å². The highest BCUT2D eigenvalue weighted by Crippen LogP contribution is 2.37. The molecule has 0 radical (unpaired) electrons. The van der Waals surface area contributed by atoms with Crippen LogP contribution in [-0.4, -0.2) is 49.6 Å². The summed E-state index contributed by atoms with van der Waals surface area (Å²) in [6.45, 7) is 0.393. The van der Waals surface area contributed by atoms with Gasteiger partial charge in [0, 0.05) is 63.2 Å². The number of carbonyl (C=O) groups excluding carboxylic acids is 1. The first-order chi connectivity index (χ1) is 13.5. The highest BCUT2D eigenvalue weighted by molar-refractivity contribution is 7.92. The molecule has 1 N–H and O–H groups in total. The Labute approximate surface area is 170 Å². The van der Waals surface area contributed by atoms with Gasteiger partial charge < -0.3 is 4.90 Å². The van der Waals surface area contributed by atoms with Gasteiger partial charge in [0.05, 0.1) is 11.1 Å². The summed E-state index contributed by atoms with van der Waals surface area (Å²) < 4.78 is 58.8. The van der Waals surface area contributed by atoms with E-state index in [1.165, 1.54) is 29.4 Å². The van der Waals surface area contributed by atoms with Crippen molar-refractivity contribution in [1.29, 1.82) is 4.78 Å². The maximum atomic E-state index is 13.2. The molecule has 1 fully saturated rings. The molecule has 0 saturated carbocycles. The number of nitrogens with one attached hydrogen (secondary N) is 1. The maximum absolute atomic E-state index is 13.2. The largest absolute Gasteiger partial charge is 0.417 e. The predicted octanol–water partition coefficient (Wildman–Crippen LogP) is 3.06. The molecule has 1 aromatic heterocycles. The standard InChI is InChI=1S/C18H14ClF3N4O2S/c19-13-2-3-14(15(9-13)18(20,21)22)17-24-10-12(11-25-17)1-4-16(27)26-5-7-29(23,28)8-6-26/h2-3,9-11,23H,5-8H2. The Morgan fingerprint density at radius 3 is 2.41 bits per heavy atom. The number of aromatic nitrogens is 2. The zero-order valence-electron chi connectivity index (χ0n) is 14.8. The van der Waals surface area contributed by atoms with E-state index in [1.807, 2.05) is 0 Å². The Morgan fingerprint density at radius 1 is 1.21 bits per heavy atom. The summed E-state index contributed by atoms with van der Waals surface area (Å²) in [6.07, 6.45) is -2.17. The first kappa shape index (κ1) is 21.1. The van der Waals surface area contributed by atoms with Gasteiger partial charge in [0.25, 0.3) is 5.91 Å². The Morgan fingerprint density at radius 2 is 1.83 bits per heavy atom. The number of rotatable bonds is 1. The molecule has 1 aliphatic heterocycles. The van der Waals surface area contributed by atoms with Crippen LogP contribution in [0, 0.1) is 16.6 Å². The lowest BCUT2D eigenvalue weighted by molar-refractivity contribution is -0.137. The zero-order valence-corrected chi connectivity index (χ0v) is 16.4. The maximum Gasteiger partial charge on any atom is 0.417 e. The Balaban J connectivity index is 1.77. The van der Waals surface area contributed by atoms with Crippen LogP contribution in [0.1, 0.15) is 11.1 Å². The molecule has 11 heteroatoms. The number of halogens is 4. The molecule has 1 saturated heterocycles. The molecule has 0 atom stereocenters. The van der Waals surface area contributed by atoms with E-state index in [0.717, 1.165) is 6.07 Å². The molecule has 2 heterocycles. The fourth-order valence-electron chi connectivity index (χ4n) is 2.61. The third-order valence-corrected chi connectivity index (χ3v) is 6.08. The Hall–Kier alpha value is -2.64. The van der Waals surface area contributed by atoms with Gasteiger partial charge in [-0.05, 0) is 18.2 Å². The molecule has 0 bridgehead atoms. The van der Waals surface area contributed by atoms with Crippen molar-refractivity contribution in [2.24, 2.45) is 0 Å². The van der Waals surface area contributed by atoms with E-state index in [-0.39, 0.29) is 46.6 Å². The van der Waals surface area contributed by atoms with Crippen molar-refractivity contribution in [2.45, 2.75) is 6.18 Å². The van der Waals surface area contributed by atoms with Crippen LogP contribution in [0.4, 0.5) is 13.2 Å². The minimum absolute atomic E-state index is 0.0546. The van der Waals surface area contributed by atoms with Crippen molar-refractivity contribution in [2.75, 3.05) is 24.6 Å². The fraction of sp³-hybridized carbons (Fsp3) is 0.278. The summed E-state index contributed by atoms with van der Waals surface area (Å²) in [5.74, 6) is 4.56. The second-order valence-corrected chi connectivity index (χ2v) is 9.12. The molecule has 1 aliphatic rings. The van der Waals surface area contributed by atoms with Crippen LogP contribution in [0.15, 0.2) is 30.6 Å². The summed E-state index contributed by atoms with van der Waals surface area (Å²) in [4.78, 5) is 21.3. The van der Waals surface area contributed by atoms with Gasteiger partial charge in [-0.3, -0.25) is 9.57 Å². The SMILES string of the molecule is N=S1(=O)CCN(C(=O)C#Cc2cnc(-c3ccc(Cl)cc3C(F)(F)F)nc2)CC1. The van der Waals surface area contributed by atoms with Gasteiger partial charge >= 0.3 is 6.18 Å². The molecule has 6 nitrogen and oxygen atoms in total. The van der Waals surface area contributed by atoms with Crippen LogP contribution in [0.3, 0.4) is 0 Å². The van der Waals surface area contributed by atoms with E-state index in [0.29, 0.717) is 0 Å². The minimum Gasteiger partial charge on any atom is -0.330 e. The van der Waals surface area contributed by atoms with Gasteiger partial charge in [-0.2, -0.15) is 13.2 Å². The van der Waals surface area contributed by atoms with Crippen molar-refractivity contribution in [3.8, 4) is 23.2 Å². The number of hydrogen-bond acceptors (Lipinski definition) is 5. The average Bonchev–Trinajstić information content (AvgIpc) is 2.66. The van der Waals surface area contributed by atoms with Crippen molar-refractivity contribution in [3.63, 3.8) is 0 Å². The number of hydrogen-bond donors (Lipinski definition) is 1. The van der Waals surface area contributed by atoms with Gasteiger partial charge in [-0.25, -0.2) is 14.2 Å².